The van der Waals surface area contributed by atoms with Crippen molar-refractivity contribution in [2.75, 3.05) is 88.6 Å². The number of phenolic OH excluding ortho intramolecular Hbond substituents is 1. The molecule has 0 spiro atoms. The second-order valence-corrected chi connectivity index (χ2v) is 38.8. The molecular weight excluding hydrogens is 1830 g/mol. The second-order valence-electron chi connectivity index (χ2n) is 33.7. The Bertz CT molecular complexity index is 5220. The van der Waals surface area contributed by atoms with E-state index in [0.717, 1.165) is 44.5 Å². The summed E-state index contributed by atoms with van der Waals surface area (Å²) < 4.78 is 120. The average molecular weight is 1970 g/mol. The fourth-order valence-electron chi connectivity index (χ4n) is 12.9. The summed E-state index contributed by atoms with van der Waals surface area (Å²) in [6, 6.07) is 39.6. The van der Waals surface area contributed by atoms with Gasteiger partial charge in [-0.2, -0.15) is 4.40 Å². The van der Waals surface area contributed by atoms with Crippen LogP contribution in [-0.2, 0) is 113 Å². The van der Waals surface area contributed by atoms with Gasteiger partial charge in [0.2, 0.25) is 5.91 Å². The van der Waals surface area contributed by atoms with Crippen LogP contribution in [-0.4, -0.2) is 184 Å². The number of benzene rings is 8. The summed E-state index contributed by atoms with van der Waals surface area (Å²) in [5, 5.41) is 13.7. The van der Waals surface area contributed by atoms with E-state index in [4.69, 9.17) is 104 Å². The highest BCUT2D eigenvalue weighted by Gasteiger charge is 2.32. The molecule has 28 nitrogen and oxygen atoms in total. The van der Waals surface area contributed by atoms with Crippen LogP contribution in [0, 0.1) is 0 Å². The van der Waals surface area contributed by atoms with Crippen molar-refractivity contribution in [2.45, 2.75) is 236 Å². The van der Waals surface area contributed by atoms with Crippen molar-refractivity contribution in [1.29, 1.82) is 0 Å². The smallest absolute Gasteiger partial charge is 0.310 e. The standard InChI is InChI=1S/C26H35ClO5S.C19H20ClNO3.C19H29NO5S.C15H22O5.C14H20O4.C11H14O4/c1-8-31-25(28)14-19-13-23(30-7)24(32-17(2)3)15-21(19)22(16-33(29)26(4,5)6)18-9-11-20(27)12-10-18;1-11(2)24-17-10-15-13(8-16(17)23-3)9-18(22)21-19(15)12-4-6-14(20)7-5-12;1-8-24-18(21)11-14-9-16(23-7)17(25-13(2)3)10-15(14)12-20-26(22)19(4,5)6;1-6-19-15(16)8-11-7-13(18-5)14(20-10(2)3)9-12(11)17-4;1-5-17-14(15)9-11-6-7-12(18-10(2)3)13(8-11)16-4;1-3-15-11(13)7-8-4-5-9(12)10(6-8)14-2/h9-13,15,17,22H,8,14,16H2,1-7H3;4-8,10-11,19H,9H2,1-3H3,(H,21,22);9-10,12-13H,8,11H2,1-7H3;7,9-10H,6,8H2,1-5H3;6-8,10H,5,9H2,1-4H3;4-6,12H,3,7H2,1-2H3/t22-,33?;19-;;;;/m00..../s1. The molecule has 32 heteroatoms. The molecule has 0 fully saturated rings. The monoisotopic (exact) mass is 1970 g/mol. The van der Waals surface area contributed by atoms with Gasteiger partial charge in [-0.15, -0.1) is 0 Å². The molecule has 1 heterocycles. The van der Waals surface area contributed by atoms with Gasteiger partial charge in [0.05, 0.1) is 163 Å². The van der Waals surface area contributed by atoms with Gasteiger partial charge in [-0.3, -0.25) is 33.0 Å². The molecule has 4 atom stereocenters. The maximum Gasteiger partial charge on any atom is 0.310 e. The molecule has 748 valence electrons. The van der Waals surface area contributed by atoms with Crippen LogP contribution >= 0.6 is 23.2 Å². The normalized spacial score (nSPS) is 12.6. The number of hydrogen-bond acceptors (Lipinski definition) is 26. The Morgan fingerprint density at radius 3 is 1.22 bits per heavy atom. The Morgan fingerprint density at radius 2 is 0.787 bits per heavy atom. The van der Waals surface area contributed by atoms with Crippen molar-refractivity contribution in [3.8, 4) is 74.7 Å². The van der Waals surface area contributed by atoms with E-state index < -0.39 is 31.3 Å². The minimum atomic E-state index is -1.41. The molecular formula is C104H140Cl2N2O26S2. The van der Waals surface area contributed by atoms with Gasteiger partial charge in [0.15, 0.2) is 69.0 Å². The first-order chi connectivity index (χ1) is 64.2. The predicted molar refractivity (Wildman–Crippen MR) is 533 cm³/mol. The molecule has 0 saturated heterocycles. The SMILES string of the molecule is CCOC(=O)Cc1cc(OC)c(OC(C)C)cc1C=NS(=O)C(C)(C)C.CCOC(=O)Cc1cc(OC)c(OC(C)C)cc1OC.CCOC(=O)Cc1cc(OC)c(OC(C)C)cc1[C@@H](CS(=O)C(C)(C)C)c1ccc(Cl)cc1.CCOC(=O)Cc1ccc(O)c(OC)c1.CCOC(=O)Cc1ccc(OC(C)C)c(OC)c1.COc1cc2c(cc1OC(C)C)[C@H](c1ccc(Cl)cc1)NC(=O)C2. The summed E-state index contributed by atoms with van der Waals surface area (Å²) in [5.74, 6) is 5.60. The average Bonchev–Trinajstić information content (AvgIpc) is 0.821. The first-order valence-corrected chi connectivity index (χ1v) is 48.1. The summed E-state index contributed by atoms with van der Waals surface area (Å²) >= 11 is 12.1. The molecule has 8 aromatic carbocycles. The Balaban J connectivity index is 0.000000347. The van der Waals surface area contributed by atoms with Crippen molar-refractivity contribution in [3.63, 3.8) is 0 Å². The van der Waals surface area contributed by atoms with Gasteiger partial charge in [-0.25, -0.2) is 4.21 Å². The van der Waals surface area contributed by atoms with E-state index in [1.807, 2.05) is 196 Å². The van der Waals surface area contributed by atoms with Crippen LogP contribution in [0.2, 0.25) is 10.0 Å². The number of carbonyl (C=O) groups excluding carboxylic acids is 6. The molecule has 0 bridgehead atoms. The predicted octanol–water partition coefficient (Wildman–Crippen LogP) is 20.0. The molecule has 1 aliphatic rings. The number of nitrogens with one attached hydrogen (secondary N) is 1. The zero-order valence-corrected chi connectivity index (χ0v) is 87.1. The minimum Gasteiger partial charge on any atom is -0.504 e. The van der Waals surface area contributed by atoms with E-state index in [2.05, 4.69) is 9.71 Å². The molecule has 8 aromatic rings. The number of nitrogens with zero attached hydrogens (tertiary/aromatic N) is 1. The van der Waals surface area contributed by atoms with Crippen molar-refractivity contribution >= 4 is 87.0 Å². The molecule has 0 aromatic heterocycles. The van der Waals surface area contributed by atoms with E-state index in [-0.39, 0.29) is 116 Å². The van der Waals surface area contributed by atoms with Gasteiger partial charge < -0.3 is 90.9 Å². The number of carbonyl (C=O) groups is 6. The van der Waals surface area contributed by atoms with Crippen LogP contribution in [0.25, 0.3) is 0 Å². The first-order valence-electron chi connectivity index (χ1n) is 44.9. The van der Waals surface area contributed by atoms with Crippen molar-refractivity contribution < 1.29 is 123 Å². The number of phenols is 1. The van der Waals surface area contributed by atoms with E-state index in [1.54, 1.807) is 120 Å². The molecule has 9 rings (SSSR count). The van der Waals surface area contributed by atoms with E-state index in [1.165, 1.54) is 19.4 Å². The van der Waals surface area contributed by atoms with Gasteiger partial charge >= 0.3 is 29.8 Å². The van der Waals surface area contributed by atoms with Gasteiger partial charge in [0.25, 0.3) is 0 Å². The van der Waals surface area contributed by atoms with Crippen LogP contribution in [0.5, 0.6) is 74.7 Å². The lowest BCUT2D eigenvalue weighted by molar-refractivity contribution is -0.143. The summed E-state index contributed by atoms with van der Waals surface area (Å²) in [7, 11) is 8.32. The number of methoxy groups -OCH3 is 7. The third kappa shape index (κ3) is 40.1. The van der Waals surface area contributed by atoms with E-state index in [0.29, 0.717) is 141 Å². The maximum atomic E-state index is 13.2. The van der Waals surface area contributed by atoms with Crippen molar-refractivity contribution in [2.24, 2.45) is 4.40 Å². The molecule has 0 saturated carbocycles. The van der Waals surface area contributed by atoms with Crippen LogP contribution in [0.15, 0.2) is 138 Å². The largest absolute Gasteiger partial charge is 0.504 e. The third-order valence-electron chi connectivity index (χ3n) is 19.0. The Morgan fingerprint density at radius 1 is 0.419 bits per heavy atom. The van der Waals surface area contributed by atoms with Gasteiger partial charge in [-0.1, -0.05) is 59.6 Å². The lowest BCUT2D eigenvalue weighted by Gasteiger charge is -2.28. The maximum absolute atomic E-state index is 13.2. The fourth-order valence-corrected chi connectivity index (χ4v) is 14.9. The number of aromatic hydroxyl groups is 1. The zero-order chi connectivity index (χ0) is 102. The number of rotatable bonds is 39. The van der Waals surface area contributed by atoms with Crippen LogP contribution in [0.3, 0.4) is 0 Å². The molecule has 0 radical (unpaired) electrons. The first kappa shape index (κ1) is 117. The third-order valence-corrected chi connectivity index (χ3v) is 22.8. The Kier molecular flexibility index (Phi) is 50.6. The Hall–Kier alpha value is -11.5. The molecule has 2 N–H and O–H groups in total. The summed E-state index contributed by atoms with van der Waals surface area (Å²) in [4.78, 5) is 70.6. The summed E-state index contributed by atoms with van der Waals surface area (Å²) in [6.07, 6.45) is 2.56. The van der Waals surface area contributed by atoms with Crippen LogP contribution in [0.1, 0.15) is 219 Å². The summed E-state index contributed by atoms with van der Waals surface area (Å²) in [6.45, 7) is 41.4. The topological polar surface area (TPSA) is 338 Å². The molecule has 1 amide bonds. The summed E-state index contributed by atoms with van der Waals surface area (Å²) in [5.41, 5.74) is 9.16. The van der Waals surface area contributed by atoms with Crippen LogP contribution in [0.4, 0.5) is 0 Å². The lowest BCUT2D eigenvalue weighted by Crippen LogP contribution is -2.35. The number of amides is 1. The number of halogens is 2. The quantitative estimate of drug-likeness (QED) is 0.0205. The molecule has 136 heavy (non-hydrogen) atoms. The Labute approximate surface area is 818 Å². The lowest BCUT2D eigenvalue weighted by atomic mass is 9.88. The van der Waals surface area contributed by atoms with Crippen molar-refractivity contribution in [3.05, 3.63) is 205 Å². The minimum absolute atomic E-state index is 0.0120. The van der Waals surface area contributed by atoms with Gasteiger partial charge in [0, 0.05) is 60.7 Å². The van der Waals surface area contributed by atoms with E-state index in [9.17, 15) is 42.3 Å². The van der Waals surface area contributed by atoms with Crippen molar-refractivity contribution in [1.82, 2.24) is 5.32 Å². The zero-order valence-electron chi connectivity index (χ0n) is 84.0. The van der Waals surface area contributed by atoms with Gasteiger partial charge in [0.1, 0.15) is 16.7 Å². The van der Waals surface area contributed by atoms with E-state index >= 15 is 0 Å². The molecule has 0 aliphatic carbocycles. The molecule has 2 unspecified atom stereocenters. The highest BCUT2D eigenvalue weighted by Crippen LogP contribution is 2.43. The number of esters is 5. The number of hydrogen-bond donors (Lipinski definition) is 2. The highest BCUT2D eigenvalue weighted by atomic mass is 35.5. The highest BCUT2D eigenvalue weighted by molar-refractivity contribution is 7.86. The number of fused-ring (bicyclic) bond motifs is 1. The van der Waals surface area contributed by atoms with Crippen LogP contribution < -0.4 is 62.2 Å². The second kappa shape index (κ2) is 58.8. The molecule has 1 aliphatic heterocycles. The number of ether oxygens (including phenoxy) is 17. The fraction of sp³-hybridized carbons (Fsp3) is 0.471. The van der Waals surface area contributed by atoms with Gasteiger partial charge in [-0.05, 0) is 286 Å².